The number of alkyl halides is 1. The summed E-state index contributed by atoms with van der Waals surface area (Å²) in [7, 11) is 0. The van der Waals surface area contributed by atoms with Crippen LogP contribution in [-0.4, -0.2) is 32.2 Å². The molecule has 0 amide bonds. The van der Waals surface area contributed by atoms with E-state index in [1.54, 1.807) is 18.5 Å². The van der Waals surface area contributed by atoms with Crippen LogP contribution in [0.2, 0.25) is 0 Å². The van der Waals surface area contributed by atoms with Crippen LogP contribution in [0.5, 0.6) is 0 Å². The van der Waals surface area contributed by atoms with Gasteiger partial charge in [0.05, 0.1) is 6.10 Å². The maximum atomic E-state index is 9.99. The van der Waals surface area contributed by atoms with Crippen molar-refractivity contribution in [2.75, 3.05) is 5.88 Å². The molecule has 2 atom stereocenters. The molecule has 5 heteroatoms. The largest absolute Gasteiger partial charge is 0.390 e. The summed E-state index contributed by atoms with van der Waals surface area (Å²) in [6.45, 7) is 0. The molecule has 2 aromatic heterocycles. The number of hydrogen-bond donors (Lipinski definition) is 3. The lowest BCUT2D eigenvalue weighted by molar-refractivity contribution is 0.0178. The Labute approximate surface area is 97.9 Å². The third kappa shape index (κ3) is 2.04. The first-order chi connectivity index (χ1) is 7.74. The lowest BCUT2D eigenvalue weighted by Crippen LogP contribution is -2.18. The van der Waals surface area contributed by atoms with Gasteiger partial charge >= 0.3 is 0 Å². The van der Waals surface area contributed by atoms with Crippen molar-refractivity contribution in [3.63, 3.8) is 0 Å². The number of aromatic amines is 1. The van der Waals surface area contributed by atoms with Gasteiger partial charge in [0.25, 0.3) is 0 Å². The van der Waals surface area contributed by atoms with Crippen LogP contribution in [0, 0.1) is 0 Å². The number of hydrogen-bond acceptors (Lipinski definition) is 3. The Hall–Kier alpha value is -1.10. The molecule has 0 radical (unpaired) electrons. The highest BCUT2D eigenvalue weighted by atomic mass is 35.5. The van der Waals surface area contributed by atoms with Crippen LogP contribution in [0.1, 0.15) is 18.1 Å². The fourth-order valence-electron chi connectivity index (χ4n) is 1.72. The Morgan fingerprint density at radius 2 is 2.19 bits per heavy atom. The Kier molecular flexibility index (Phi) is 3.43. The molecule has 4 nitrogen and oxygen atoms in total. The third-order valence-electron chi connectivity index (χ3n) is 2.58. The Bertz CT molecular complexity index is 472. The first-order valence-electron chi connectivity index (χ1n) is 5.08. The number of halogens is 1. The minimum absolute atomic E-state index is 0.319. The smallest absolute Gasteiger partial charge is 0.137 e. The zero-order chi connectivity index (χ0) is 11.5. The molecule has 0 spiro atoms. The molecule has 0 aliphatic rings. The van der Waals surface area contributed by atoms with Crippen molar-refractivity contribution in [1.82, 2.24) is 9.97 Å². The molecule has 0 bridgehead atoms. The summed E-state index contributed by atoms with van der Waals surface area (Å²) < 4.78 is 0. The van der Waals surface area contributed by atoms with E-state index in [0.29, 0.717) is 23.5 Å². The molecule has 0 saturated heterocycles. The molecule has 2 heterocycles. The van der Waals surface area contributed by atoms with E-state index in [9.17, 15) is 10.2 Å². The number of aliphatic hydroxyl groups is 2. The fraction of sp³-hybridized carbons (Fsp3) is 0.364. The summed E-state index contributed by atoms with van der Waals surface area (Å²) >= 11 is 5.54. The SMILES string of the molecule is OC(CCCl)C(O)c1ccnc2[nH]ccc12. The van der Waals surface area contributed by atoms with Crippen LogP contribution in [0.15, 0.2) is 24.5 Å². The number of rotatable bonds is 4. The number of pyridine rings is 1. The molecule has 0 fully saturated rings. The van der Waals surface area contributed by atoms with Crippen LogP contribution in [0.4, 0.5) is 0 Å². The van der Waals surface area contributed by atoms with Gasteiger partial charge in [0, 0.05) is 23.7 Å². The number of aliphatic hydroxyl groups excluding tert-OH is 2. The van der Waals surface area contributed by atoms with E-state index in [-0.39, 0.29) is 0 Å². The number of nitrogens with zero attached hydrogens (tertiary/aromatic N) is 1. The Balaban J connectivity index is 2.35. The van der Waals surface area contributed by atoms with Gasteiger partial charge in [-0.05, 0) is 24.1 Å². The van der Waals surface area contributed by atoms with Crippen LogP contribution in [0.3, 0.4) is 0 Å². The van der Waals surface area contributed by atoms with Gasteiger partial charge in [0.1, 0.15) is 11.8 Å². The predicted molar refractivity (Wildman–Crippen MR) is 62.4 cm³/mol. The van der Waals surface area contributed by atoms with Crippen molar-refractivity contribution >= 4 is 22.6 Å². The number of nitrogens with one attached hydrogen (secondary N) is 1. The van der Waals surface area contributed by atoms with Crippen molar-refractivity contribution in [1.29, 1.82) is 0 Å². The van der Waals surface area contributed by atoms with E-state index in [1.807, 2.05) is 6.07 Å². The van der Waals surface area contributed by atoms with E-state index in [2.05, 4.69) is 9.97 Å². The molecule has 0 aliphatic carbocycles. The van der Waals surface area contributed by atoms with Gasteiger partial charge in [0.2, 0.25) is 0 Å². The second kappa shape index (κ2) is 4.82. The van der Waals surface area contributed by atoms with Crippen LogP contribution in [0.25, 0.3) is 11.0 Å². The minimum atomic E-state index is -0.931. The van der Waals surface area contributed by atoms with Gasteiger partial charge in [0.15, 0.2) is 0 Å². The number of aromatic nitrogens is 2. The molecule has 0 aliphatic heterocycles. The van der Waals surface area contributed by atoms with E-state index in [4.69, 9.17) is 11.6 Å². The first-order valence-corrected chi connectivity index (χ1v) is 5.61. The monoisotopic (exact) mass is 240 g/mol. The summed E-state index contributed by atoms with van der Waals surface area (Å²) in [5, 5.41) is 20.5. The van der Waals surface area contributed by atoms with Crippen molar-refractivity contribution in [3.8, 4) is 0 Å². The standard InChI is InChI=1S/C11H13ClN2O2/c12-4-1-9(15)10(16)7-2-5-13-11-8(7)3-6-14-11/h2-3,5-6,9-10,15-16H,1,4H2,(H,13,14). The molecule has 86 valence electrons. The van der Waals surface area contributed by atoms with Gasteiger partial charge in [-0.2, -0.15) is 0 Å². The highest BCUT2D eigenvalue weighted by Gasteiger charge is 2.20. The van der Waals surface area contributed by atoms with Gasteiger partial charge < -0.3 is 15.2 Å². The second-order valence-electron chi connectivity index (χ2n) is 3.63. The highest BCUT2D eigenvalue weighted by Crippen LogP contribution is 2.25. The summed E-state index contributed by atoms with van der Waals surface area (Å²) in [5.41, 5.74) is 1.37. The van der Waals surface area contributed by atoms with Crippen molar-refractivity contribution < 1.29 is 10.2 Å². The summed E-state index contributed by atoms with van der Waals surface area (Å²) in [5.74, 6) is 0.319. The molecule has 0 aromatic carbocycles. The number of fused-ring (bicyclic) bond motifs is 1. The molecule has 3 N–H and O–H groups in total. The first kappa shape index (κ1) is 11.4. The zero-order valence-corrected chi connectivity index (χ0v) is 9.35. The van der Waals surface area contributed by atoms with Crippen molar-refractivity contribution in [2.24, 2.45) is 0 Å². The van der Waals surface area contributed by atoms with Gasteiger partial charge in [-0.25, -0.2) is 4.98 Å². The average Bonchev–Trinajstić information content (AvgIpc) is 2.76. The average molecular weight is 241 g/mol. The van der Waals surface area contributed by atoms with E-state index >= 15 is 0 Å². The summed E-state index contributed by atoms with van der Waals surface area (Å²) in [4.78, 5) is 7.07. The van der Waals surface area contributed by atoms with Crippen LogP contribution < -0.4 is 0 Å². The maximum absolute atomic E-state index is 9.99. The Morgan fingerprint density at radius 3 is 2.94 bits per heavy atom. The van der Waals surface area contributed by atoms with Crippen LogP contribution in [-0.2, 0) is 0 Å². The lowest BCUT2D eigenvalue weighted by Gasteiger charge is -2.17. The minimum Gasteiger partial charge on any atom is -0.390 e. The second-order valence-corrected chi connectivity index (χ2v) is 4.01. The normalized spacial score (nSPS) is 15.2. The summed E-state index contributed by atoms with van der Waals surface area (Å²) in [6.07, 6.45) is 1.93. The Morgan fingerprint density at radius 1 is 1.38 bits per heavy atom. The quantitative estimate of drug-likeness (QED) is 0.711. The van der Waals surface area contributed by atoms with Crippen LogP contribution >= 0.6 is 11.6 Å². The van der Waals surface area contributed by atoms with E-state index < -0.39 is 12.2 Å². The molecular weight excluding hydrogens is 228 g/mol. The predicted octanol–water partition coefficient (Wildman–Crippen LogP) is 1.59. The molecule has 2 aromatic rings. The molecule has 2 rings (SSSR count). The topological polar surface area (TPSA) is 69.1 Å². The molecular formula is C11H13ClN2O2. The van der Waals surface area contributed by atoms with Crippen molar-refractivity contribution in [3.05, 3.63) is 30.1 Å². The van der Waals surface area contributed by atoms with Crippen molar-refractivity contribution in [2.45, 2.75) is 18.6 Å². The number of H-pyrrole nitrogens is 1. The molecule has 0 saturated carbocycles. The zero-order valence-electron chi connectivity index (χ0n) is 8.60. The third-order valence-corrected chi connectivity index (χ3v) is 2.80. The van der Waals surface area contributed by atoms with E-state index in [1.165, 1.54) is 0 Å². The molecule has 16 heavy (non-hydrogen) atoms. The van der Waals surface area contributed by atoms with Gasteiger partial charge in [-0.3, -0.25) is 0 Å². The van der Waals surface area contributed by atoms with Gasteiger partial charge in [-0.1, -0.05) is 0 Å². The fourth-order valence-corrected chi connectivity index (χ4v) is 1.94. The molecule has 2 unspecified atom stereocenters. The van der Waals surface area contributed by atoms with E-state index in [0.717, 1.165) is 5.39 Å². The maximum Gasteiger partial charge on any atom is 0.137 e. The van der Waals surface area contributed by atoms with Gasteiger partial charge in [-0.15, -0.1) is 11.6 Å². The highest BCUT2D eigenvalue weighted by molar-refractivity contribution is 6.17. The lowest BCUT2D eigenvalue weighted by atomic mass is 10.0. The summed E-state index contributed by atoms with van der Waals surface area (Å²) in [6, 6.07) is 3.53.